The Morgan fingerprint density at radius 1 is 0.824 bits per heavy atom. The van der Waals surface area contributed by atoms with Crippen LogP contribution >= 0.6 is 53.8 Å². The molecule has 0 aliphatic carbocycles. The van der Waals surface area contributed by atoms with Gasteiger partial charge in [0, 0.05) is 0 Å². The van der Waals surface area contributed by atoms with Gasteiger partial charge in [0.05, 0.1) is 0 Å². The molecule has 17 heavy (non-hydrogen) atoms. The molecule has 0 aromatic rings. The molecule has 0 saturated carbocycles. The summed E-state index contributed by atoms with van der Waals surface area (Å²) in [5.74, 6) is 0. The Kier molecular flexibility index (Phi) is 5.28. The fourth-order valence-corrected chi connectivity index (χ4v) is 15.2. The Morgan fingerprint density at radius 3 is 1.59 bits per heavy atom. The zero-order valence-electron chi connectivity index (χ0n) is 10.2. The molecule has 12 heteroatoms. The second kappa shape index (κ2) is 5.44. The lowest BCUT2D eigenvalue weighted by molar-refractivity contribution is 0.669. The molecule has 0 aromatic carbocycles. The van der Waals surface area contributed by atoms with Crippen molar-refractivity contribution in [3.05, 3.63) is 0 Å². The third-order valence-electron chi connectivity index (χ3n) is 1.99. The Bertz CT molecular complexity index is 458. The number of rotatable bonds is 3. The summed E-state index contributed by atoms with van der Waals surface area (Å²) in [4.78, 5) is 0. The lowest BCUT2D eigenvalue weighted by Crippen LogP contribution is -2.10. The molecule has 0 aromatic heterocycles. The summed E-state index contributed by atoms with van der Waals surface area (Å²) in [7, 11) is 8.95. The lowest BCUT2D eigenvalue weighted by Gasteiger charge is -2.32. The molecule has 0 radical (unpaired) electrons. The molecule has 0 amide bonds. The molecular formula is C5H16Cl3N6P3. The standard InChI is InChI=1S/C5H16Cl3N6P3/c1-9-15(6)10-16(7,13(2)3)12-17(8,11-15)14(4)5/h9H,1-5H3/t15-,16+,17-. The average molecular weight is 360 g/mol. The lowest BCUT2D eigenvalue weighted by atomic mass is 11.3. The van der Waals surface area contributed by atoms with Gasteiger partial charge in [0.25, 0.3) is 0 Å². The van der Waals surface area contributed by atoms with E-state index in [1.807, 2.05) is 28.2 Å². The Balaban J connectivity index is 3.60. The molecule has 0 spiro atoms. The summed E-state index contributed by atoms with van der Waals surface area (Å²) in [5, 5.41) is 2.92. The van der Waals surface area contributed by atoms with E-state index in [2.05, 4.69) is 18.6 Å². The van der Waals surface area contributed by atoms with E-state index in [4.69, 9.17) is 33.7 Å². The molecule has 0 fully saturated rings. The van der Waals surface area contributed by atoms with Crippen molar-refractivity contribution in [2.45, 2.75) is 0 Å². The minimum Gasteiger partial charge on any atom is -0.256 e. The molecule has 1 aliphatic heterocycles. The molecule has 6 nitrogen and oxygen atoms in total. The van der Waals surface area contributed by atoms with Gasteiger partial charge in [-0.15, -0.1) is 0 Å². The zero-order chi connectivity index (χ0) is 13.5. The minimum atomic E-state index is -2.57. The molecule has 0 bridgehead atoms. The van der Waals surface area contributed by atoms with Crippen molar-refractivity contribution >= 4 is 53.8 Å². The normalized spacial score (nSPS) is 42.0. The van der Waals surface area contributed by atoms with E-state index in [1.54, 1.807) is 16.4 Å². The molecule has 1 heterocycles. The van der Waals surface area contributed by atoms with Crippen LogP contribution < -0.4 is 5.09 Å². The highest BCUT2D eigenvalue weighted by Gasteiger charge is 2.36. The zero-order valence-corrected chi connectivity index (χ0v) is 15.2. The van der Waals surface area contributed by atoms with Crippen molar-refractivity contribution in [3.63, 3.8) is 0 Å². The summed E-state index contributed by atoms with van der Waals surface area (Å²) in [6.45, 7) is -7.68. The highest BCUT2D eigenvalue weighted by atomic mass is 35.7. The van der Waals surface area contributed by atoms with Crippen molar-refractivity contribution in [2.75, 3.05) is 35.2 Å². The van der Waals surface area contributed by atoms with Crippen LogP contribution in [0.4, 0.5) is 0 Å². The first-order valence-electron chi connectivity index (χ1n) is 4.62. The van der Waals surface area contributed by atoms with Crippen molar-refractivity contribution in [3.8, 4) is 0 Å². The van der Waals surface area contributed by atoms with Gasteiger partial charge in [-0.05, 0) is 69.0 Å². The molecule has 0 saturated heterocycles. The van der Waals surface area contributed by atoms with Crippen LogP contribution in [0.15, 0.2) is 13.5 Å². The molecule has 1 N–H and O–H groups in total. The van der Waals surface area contributed by atoms with E-state index >= 15 is 0 Å². The van der Waals surface area contributed by atoms with Crippen LogP contribution in [-0.2, 0) is 0 Å². The van der Waals surface area contributed by atoms with Crippen LogP contribution in [0.5, 0.6) is 0 Å². The maximum Gasteiger partial charge on any atom is 0.238 e. The van der Waals surface area contributed by atoms with E-state index in [9.17, 15) is 0 Å². The molecule has 1 rings (SSSR count). The maximum atomic E-state index is 6.47. The van der Waals surface area contributed by atoms with Gasteiger partial charge in [0.2, 0.25) is 20.1 Å². The van der Waals surface area contributed by atoms with Crippen molar-refractivity contribution in [1.29, 1.82) is 0 Å². The third-order valence-corrected chi connectivity index (χ3v) is 16.1. The topological polar surface area (TPSA) is 55.6 Å². The monoisotopic (exact) mass is 358 g/mol. The number of nitrogens with one attached hydrogen (secondary N) is 1. The molecular weight excluding hydrogens is 343 g/mol. The third kappa shape index (κ3) is 3.51. The fraction of sp³-hybridized carbons (Fsp3) is 1.00. The van der Waals surface area contributed by atoms with Crippen LogP contribution in [0, 0.1) is 0 Å². The van der Waals surface area contributed by atoms with E-state index in [-0.39, 0.29) is 0 Å². The first-order valence-corrected chi connectivity index (χ1v) is 12.3. The Labute approximate surface area is 117 Å². The average Bonchev–Trinajstić information content (AvgIpc) is 2.15. The largest absolute Gasteiger partial charge is 0.256 e. The summed E-state index contributed by atoms with van der Waals surface area (Å²) >= 11 is 19.3. The number of nitrogens with zero attached hydrogens (tertiary/aromatic N) is 5. The van der Waals surface area contributed by atoms with Crippen LogP contribution in [0.2, 0.25) is 0 Å². The van der Waals surface area contributed by atoms with Crippen LogP contribution in [-0.4, -0.2) is 44.6 Å². The predicted molar refractivity (Wildman–Crippen MR) is 82.0 cm³/mol. The number of halogens is 3. The van der Waals surface area contributed by atoms with Gasteiger partial charge in [0.15, 0.2) is 0 Å². The van der Waals surface area contributed by atoms with Crippen LogP contribution in [0.1, 0.15) is 0 Å². The SMILES string of the molecule is CN[P@]1(Cl)=N[P@](Cl)(N(C)C)=N[P@](Cl)(N(C)C)=N1. The summed E-state index contributed by atoms with van der Waals surface area (Å²) in [6.07, 6.45) is 0. The van der Waals surface area contributed by atoms with Crippen LogP contribution in [0.25, 0.3) is 0 Å². The number of hydrogen-bond acceptors (Lipinski definition) is 6. The quantitative estimate of drug-likeness (QED) is 0.729. The maximum absolute atomic E-state index is 6.47. The first-order chi connectivity index (χ1) is 7.57. The second-order valence-electron chi connectivity index (χ2n) is 3.70. The van der Waals surface area contributed by atoms with Crippen molar-refractivity contribution in [2.24, 2.45) is 13.5 Å². The van der Waals surface area contributed by atoms with E-state index in [0.717, 1.165) is 0 Å². The highest BCUT2D eigenvalue weighted by Crippen LogP contribution is 2.82. The predicted octanol–water partition coefficient (Wildman–Crippen LogP) is 4.90. The summed E-state index contributed by atoms with van der Waals surface area (Å²) < 4.78 is 16.8. The summed E-state index contributed by atoms with van der Waals surface area (Å²) in [5.41, 5.74) is 0. The number of hydrogen-bond donors (Lipinski definition) is 1. The van der Waals surface area contributed by atoms with Gasteiger partial charge in [-0.2, -0.15) is 13.5 Å². The van der Waals surface area contributed by atoms with Crippen LogP contribution in [0.3, 0.4) is 0 Å². The van der Waals surface area contributed by atoms with Gasteiger partial charge in [-0.1, -0.05) is 0 Å². The van der Waals surface area contributed by atoms with Crippen molar-refractivity contribution < 1.29 is 0 Å². The van der Waals surface area contributed by atoms with E-state index < -0.39 is 20.1 Å². The van der Waals surface area contributed by atoms with E-state index in [0.29, 0.717) is 0 Å². The summed E-state index contributed by atoms with van der Waals surface area (Å²) in [6, 6.07) is 0. The Morgan fingerprint density at radius 2 is 1.24 bits per heavy atom. The molecule has 102 valence electrons. The fourth-order valence-electron chi connectivity index (χ4n) is 0.910. The highest BCUT2D eigenvalue weighted by molar-refractivity contribution is 8.07. The van der Waals surface area contributed by atoms with Gasteiger partial charge >= 0.3 is 0 Å². The first kappa shape index (κ1) is 16.5. The van der Waals surface area contributed by atoms with E-state index in [1.165, 1.54) is 0 Å². The van der Waals surface area contributed by atoms with Gasteiger partial charge in [-0.3, -0.25) is 5.09 Å². The Hall–Kier alpha value is 1.44. The van der Waals surface area contributed by atoms with Gasteiger partial charge < -0.3 is 0 Å². The van der Waals surface area contributed by atoms with Crippen molar-refractivity contribution in [1.82, 2.24) is 14.4 Å². The second-order valence-corrected chi connectivity index (χ2v) is 15.1. The molecule has 1 aliphatic rings. The molecule has 0 unspecified atom stereocenters. The minimum absolute atomic E-state index is 1.70. The molecule has 3 atom stereocenters. The smallest absolute Gasteiger partial charge is 0.238 e. The van der Waals surface area contributed by atoms with Gasteiger partial charge in [0.1, 0.15) is 0 Å². The van der Waals surface area contributed by atoms with Gasteiger partial charge in [-0.25, -0.2) is 9.34 Å².